The van der Waals surface area contributed by atoms with Crippen LogP contribution in [0.15, 0.2) is 42.5 Å². The summed E-state index contributed by atoms with van der Waals surface area (Å²) in [5.74, 6) is 0.649. The van der Waals surface area contributed by atoms with Gasteiger partial charge in [-0.25, -0.2) is 4.79 Å². The van der Waals surface area contributed by atoms with Gasteiger partial charge in [-0.3, -0.25) is 0 Å². The van der Waals surface area contributed by atoms with Gasteiger partial charge in [0.25, 0.3) is 0 Å². The van der Waals surface area contributed by atoms with Gasteiger partial charge >= 0.3 is 5.97 Å². The van der Waals surface area contributed by atoms with Crippen molar-refractivity contribution in [3.63, 3.8) is 0 Å². The third-order valence-electron chi connectivity index (χ3n) is 5.30. The van der Waals surface area contributed by atoms with Gasteiger partial charge in [-0.2, -0.15) is 0 Å². The zero-order valence-electron chi connectivity index (χ0n) is 17.7. The largest absolute Gasteiger partial charge is 0.493 e. The van der Waals surface area contributed by atoms with Crippen LogP contribution < -0.4 is 9.47 Å². The summed E-state index contributed by atoms with van der Waals surface area (Å²) in [7, 11) is 0. The maximum atomic E-state index is 12.9. The van der Waals surface area contributed by atoms with Crippen molar-refractivity contribution in [3.05, 3.63) is 80.3 Å². The Balaban J connectivity index is 2.19. The molecule has 3 aromatic rings. The van der Waals surface area contributed by atoms with E-state index < -0.39 is 5.97 Å². The number of aryl methyl sites for hydroxylation is 2. The lowest BCUT2D eigenvalue weighted by Crippen LogP contribution is -2.11. The molecule has 0 heterocycles. The number of hydrogen-bond donors (Lipinski definition) is 0. The Morgan fingerprint density at radius 2 is 1.40 bits per heavy atom. The first-order valence-corrected chi connectivity index (χ1v) is 10.5. The van der Waals surface area contributed by atoms with Gasteiger partial charge in [0.15, 0.2) is 0 Å². The number of hydrogen-bond acceptors (Lipinski definition) is 3. The molecule has 3 nitrogen and oxygen atoms in total. The highest BCUT2D eigenvalue weighted by Crippen LogP contribution is 2.43. The Labute approximate surface area is 187 Å². The van der Waals surface area contributed by atoms with Crippen LogP contribution in [0.4, 0.5) is 0 Å². The minimum absolute atomic E-state index is 0.222. The normalized spacial score (nSPS) is 10.8. The van der Waals surface area contributed by atoms with Crippen LogP contribution in [0.1, 0.15) is 39.5 Å². The molecular formula is C25H24Cl2O3. The summed E-state index contributed by atoms with van der Waals surface area (Å²) in [5.41, 5.74) is 6.31. The smallest absolute Gasteiger partial charge is 0.345 e. The zero-order valence-corrected chi connectivity index (χ0v) is 19.2. The molecule has 0 atom stereocenters. The van der Waals surface area contributed by atoms with Crippen LogP contribution in [0, 0.1) is 27.7 Å². The molecule has 0 N–H and O–H groups in total. The lowest BCUT2D eigenvalue weighted by molar-refractivity contribution is 0.0735. The molecule has 0 fully saturated rings. The molecule has 0 amide bonds. The summed E-state index contributed by atoms with van der Waals surface area (Å²) in [4.78, 5) is 12.9. The molecule has 0 saturated heterocycles. The van der Waals surface area contributed by atoms with Gasteiger partial charge in [-0.05, 0) is 87.2 Å². The fourth-order valence-corrected chi connectivity index (χ4v) is 3.74. The summed E-state index contributed by atoms with van der Waals surface area (Å²) in [6, 6.07) is 12.5. The minimum atomic E-state index is -0.560. The second-order valence-electron chi connectivity index (χ2n) is 7.21. The van der Waals surface area contributed by atoms with E-state index in [1.54, 1.807) is 12.1 Å². The maximum Gasteiger partial charge on any atom is 0.345 e. The van der Waals surface area contributed by atoms with Crippen LogP contribution >= 0.6 is 23.2 Å². The fourth-order valence-electron chi connectivity index (χ4n) is 3.37. The average Bonchev–Trinajstić information content (AvgIpc) is 2.71. The molecule has 156 valence electrons. The minimum Gasteiger partial charge on any atom is -0.493 e. The third kappa shape index (κ3) is 4.33. The highest BCUT2D eigenvalue weighted by molar-refractivity contribution is 6.35. The van der Waals surface area contributed by atoms with E-state index >= 15 is 0 Å². The van der Waals surface area contributed by atoms with E-state index in [4.69, 9.17) is 32.7 Å². The Morgan fingerprint density at radius 3 is 2.00 bits per heavy atom. The summed E-state index contributed by atoms with van der Waals surface area (Å²) >= 11 is 12.3. The fraction of sp³-hybridized carbons (Fsp3) is 0.240. The molecule has 3 aromatic carbocycles. The standard InChI is InChI=1S/C25H24Cl2O3/c1-6-29-21-11-7-14(2)16(4)23(21)24-17(5)15(3)8-12-22(24)30-25(28)19-13-18(26)9-10-20(19)27/h7-13H,6H2,1-5H3. The van der Waals surface area contributed by atoms with E-state index in [0.717, 1.165) is 39.1 Å². The Kier molecular flexibility index (Phi) is 6.74. The molecule has 5 heteroatoms. The van der Waals surface area contributed by atoms with Crippen LogP contribution in [0.3, 0.4) is 0 Å². The highest BCUT2D eigenvalue weighted by Gasteiger charge is 2.22. The molecule has 3 rings (SSSR count). The zero-order chi connectivity index (χ0) is 22.0. The van der Waals surface area contributed by atoms with E-state index in [1.807, 2.05) is 52.0 Å². The molecule has 0 aliphatic carbocycles. The molecule has 0 radical (unpaired) electrons. The maximum absolute atomic E-state index is 12.9. The van der Waals surface area contributed by atoms with Gasteiger partial charge in [-0.15, -0.1) is 0 Å². The van der Waals surface area contributed by atoms with Crippen molar-refractivity contribution in [2.75, 3.05) is 6.61 Å². The van der Waals surface area contributed by atoms with E-state index in [1.165, 1.54) is 6.07 Å². The van der Waals surface area contributed by atoms with Crippen molar-refractivity contribution in [1.82, 2.24) is 0 Å². The summed E-state index contributed by atoms with van der Waals surface area (Å²) < 4.78 is 11.8. The third-order valence-corrected chi connectivity index (χ3v) is 5.86. The number of ether oxygens (including phenoxy) is 2. The number of benzene rings is 3. The Bertz CT molecular complexity index is 1120. The summed E-state index contributed by atoms with van der Waals surface area (Å²) in [5, 5.41) is 0.705. The number of rotatable bonds is 5. The lowest BCUT2D eigenvalue weighted by Gasteiger charge is -2.21. The SMILES string of the molecule is CCOc1ccc(C)c(C)c1-c1c(OC(=O)c2cc(Cl)ccc2Cl)ccc(C)c1C. The van der Waals surface area contributed by atoms with Gasteiger partial charge < -0.3 is 9.47 Å². The first kappa shape index (κ1) is 22.2. The van der Waals surface area contributed by atoms with Gasteiger partial charge in [-0.1, -0.05) is 35.3 Å². The van der Waals surface area contributed by atoms with Crippen molar-refractivity contribution in [2.45, 2.75) is 34.6 Å². The van der Waals surface area contributed by atoms with Gasteiger partial charge in [0.1, 0.15) is 11.5 Å². The topological polar surface area (TPSA) is 35.5 Å². The molecule has 30 heavy (non-hydrogen) atoms. The van der Waals surface area contributed by atoms with Gasteiger partial charge in [0.05, 0.1) is 17.2 Å². The summed E-state index contributed by atoms with van der Waals surface area (Å²) in [6.07, 6.45) is 0. The average molecular weight is 443 g/mol. The van der Waals surface area contributed by atoms with Crippen molar-refractivity contribution in [2.24, 2.45) is 0 Å². The molecule has 0 aliphatic rings. The van der Waals surface area contributed by atoms with E-state index in [2.05, 4.69) is 6.92 Å². The van der Waals surface area contributed by atoms with Crippen LogP contribution in [-0.2, 0) is 0 Å². The van der Waals surface area contributed by atoms with Crippen molar-refractivity contribution in [3.8, 4) is 22.6 Å². The van der Waals surface area contributed by atoms with Crippen molar-refractivity contribution < 1.29 is 14.3 Å². The molecule has 0 bridgehead atoms. The second-order valence-corrected chi connectivity index (χ2v) is 8.05. The van der Waals surface area contributed by atoms with E-state index in [0.29, 0.717) is 17.4 Å². The van der Waals surface area contributed by atoms with Gasteiger partial charge in [0, 0.05) is 16.1 Å². The quantitative estimate of drug-likeness (QED) is 0.302. The molecular weight excluding hydrogens is 419 g/mol. The van der Waals surface area contributed by atoms with Gasteiger partial charge in [0.2, 0.25) is 0 Å². The highest BCUT2D eigenvalue weighted by atomic mass is 35.5. The van der Waals surface area contributed by atoms with Crippen LogP contribution in [0.5, 0.6) is 11.5 Å². The summed E-state index contributed by atoms with van der Waals surface area (Å²) in [6.45, 7) is 10.6. The van der Waals surface area contributed by atoms with Crippen LogP contribution in [0.2, 0.25) is 10.0 Å². The first-order chi connectivity index (χ1) is 14.2. The monoisotopic (exact) mass is 442 g/mol. The molecule has 0 unspecified atom stereocenters. The first-order valence-electron chi connectivity index (χ1n) is 9.75. The number of carbonyl (C=O) groups is 1. The number of carbonyl (C=O) groups excluding carboxylic acids is 1. The molecule has 0 aromatic heterocycles. The van der Waals surface area contributed by atoms with Crippen molar-refractivity contribution in [1.29, 1.82) is 0 Å². The van der Waals surface area contributed by atoms with Crippen molar-refractivity contribution >= 4 is 29.2 Å². The Morgan fingerprint density at radius 1 is 0.833 bits per heavy atom. The van der Waals surface area contributed by atoms with Crippen LogP contribution in [-0.4, -0.2) is 12.6 Å². The number of halogens is 2. The predicted molar refractivity (Wildman–Crippen MR) is 123 cm³/mol. The van der Waals surface area contributed by atoms with E-state index in [-0.39, 0.29) is 10.6 Å². The molecule has 0 aliphatic heterocycles. The lowest BCUT2D eigenvalue weighted by atomic mass is 9.90. The van der Waals surface area contributed by atoms with E-state index in [9.17, 15) is 4.79 Å². The molecule has 0 saturated carbocycles. The Hall–Kier alpha value is -2.49. The van der Waals surface area contributed by atoms with Crippen LogP contribution in [0.25, 0.3) is 11.1 Å². The molecule has 0 spiro atoms. The number of esters is 1. The second kappa shape index (κ2) is 9.11. The predicted octanol–water partition coefficient (Wildman–Crippen LogP) is 7.51.